The maximum atomic E-state index is 13.7. The van der Waals surface area contributed by atoms with E-state index in [4.69, 9.17) is 27.7 Å². The van der Waals surface area contributed by atoms with Gasteiger partial charge in [-0.15, -0.1) is 0 Å². The third kappa shape index (κ3) is 9.30. The number of para-hydroxylation sites is 1. The Balaban J connectivity index is 1.50. The Morgan fingerprint density at radius 1 is 0.884 bits per heavy atom. The molecule has 0 radical (unpaired) electrons. The van der Waals surface area contributed by atoms with E-state index in [1.165, 1.54) is 18.6 Å². The van der Waals surface area contributed by atoms with Crippen LogP contribution in [0.2, 0.25) is 0 Å². The summed E-state index contributed by atoms with van der Waals surface area (Å²) in [6.07, 6.45) is 6.06. The van der Waals surface area contributed by atoms with Gasteiger partial charge >= 0.3 is 0 Å². The quantitative estimate of drug-likeness (QED) is 0.138. The van der Waals surface area contributed by atoms with Crippen LogP contribution in [0.4, 0.5) is 11.4 Å². The standard InChI is InChI=1S/C32H39N7O4/c33-25(17-21-11-14-23(15-12-21)37-32(35)36)30(41)39-27(18-20-7-3-1-4-8-20)31(42)38-26-16-13-22(29(34)40)19-28(26)43-24-9-5-2-6-10-24/h2,5-6,9-16,19-20,25,27H,1,3-4,7-8,17-18,33H2,(H2,34,40)(H,38,42)(H,39,41)(H4,35,36,37)/t25-,27-/m0/s1. The van der Waals surface area contributed by atoms with Gasteiger partial charge < -0.3 is 38.3 Å². The van der Waals surface area contributed by atoms with Crippen LogP contribution < -0.4 is 38.3 Å². The number of rotatable bonds is 12. The largest absolute Gasteiger partial charge is 0.455 e. The molecule has 4 rings (SSSR count). The highest BCUT2D eigenvalue weighted by Gasteiger charge is 2.28. The van der Waals surface area contributed by atoms with Gasteiger partial charge in [0.25, 0.3) is 0 Å². The molecule has 1 fully saturated rings. The first-order valence-electron chi connectivity index (χ1n) is 14.4. The fourth-order valence-electron chi connectivity index (χ4n) is 5.17. The van der Waals surface area contributed by atoms with Crippen molar-refractivity contribution in [2.24, 2.45) is 33.8 Å². The highest BCUT2D eigenvalue weighted by atomic mass is 16.5. The Labute approximate surface area is 251 Å². The number of ether oxygens (including phenoxy) is 1. The molecule has 1 aliphatic carbocycles. The molecule has 0 aromatic heterocycles. The molecule has 11 nitrogen and oxygen atoms in total. The van der Waals surface area contributed by atoms with Crippen molar-refractivity contribution in [3.05, 3.63) is 83.9 Å². The number of hydrogen-bond donors (Lipinski definition) is 6. The molecule has 0 saturated heterocycles. The molecule has 0 bridgehead atoms. The maximum Gasteiger partial charge on any atom is 0.248 e. The van der Waals surface area contributed by atoms with Gasteiger partial charge in [-0.05, 0) is 66.8 Å². The lowest BCUT2D eigenvalue weighted by molar-refractivity contribution is -0.127. The highest BCUT2D eigenvalue weighted by Crippen LogP contribution is 2.32. The third-order valence-electron chi connectivity index (χ3n) is 7.41. The van der Waals surface area contributed by atoms with E-state index in [2.05, 4.69) is 15.6 Å². The number of hydrogen-bond acceptors (Lipinski definition) is 6. The van der Waals surface area contributed by atoms with E-state index in [-0.39, 0.29) is 23.7 Å². The molecule has 2 atom stereocenters. The normalized spacial score (nSPS) is 14.6. The van der Waals surface area contributed by atoms with Crippen molar-refractivity contribution in [2.45, 2.75) is 57.0 Å². The van der Waals surface area contributed by atoms with E-state index in [9.17, 15) is 14.4 Å². The number of carbonyl (C=O) groups is 3. The minimum Gasteiger partial charge on any atom is -0.455 e. The van der Waals surface area contributed by atoms with Gasteiger partial charge in [-0.3, -0.25) is 14.4 Å². The number of amides is 3. The average Bonchev–Trinajstić information content (AvgIpc) is 2.99. The van der Waals surface area contributed by atoms with Gasteiger partial charge in [-0.2, -0.15) is 0 Å². The number of nitrogens with one attached hydrogen (secondary N) is 2. The van der Waals surface area contributed by atoms with Crippen LogP contribution in [0.1, 0.15) is 54.4 Å². The molecule has 3 amide bonds. The molecule has 43 heavy (non-hydrogen) atoms. The van der Waals surface area contributed by atoms with Gasteiger partial charge in [-0.1, -0.05) is 62.4 Å². The van der Waals surface area contributed by atoms with Gasteiger partial charge in [0, 0.05) is 5.56 Å². The zero-order valence-corrected chi connectivity index (χ0v) is 24.0. The fourth-order valence-corrected chi connectivity index (χ4v) is 5.17. The number of guanidine groups is 1. The first-order chi connectivity index (χ1) is 20.7. The number of benzene rings is 3. The molecule has 11 heteroatoms. The molecule has 3 aromatic rings. The molecule has 1 saturated carbocycles. The molecular weight excluding hydrogens is 546 g/mol. The highest BCUT2D eigenvalue weighted by molar-refractivity contribution is 6.00. The van der Waals surface area contributed by atoms with E-state index in [1.807, 2.05) is 18.2 Å². The molecule has 0 aliphatic heterocycles. The summed E-state index contributed by atoms with van der Waals surface area (Å²) in [5, 5.41) is 5.79. The van der Waals surface area contributed by atoms with E-state index >= 15 is 0 Å². The van der Waals surface area contributed by atoms with Crippen molar-refractivity contribution < 1.29 is 19.1 Å². The molecule has 0 unspecified atom stereocenters. The van der Waals surface area contributed by atoms with Crippen molar-refractivity contribution in [1.82, 2.24) is 5.32 Å². The molecule has 0 spiro atoms. The second-order valence-electron chi connectivity index (χ2n) is 10.8. The number of anilines is 1. The molecule has 10 N–H and O–H groups in total. The van der Waals surface area contributed by atoms with Crippen molar-refractivity contribution >= 4 is 35.1 Å². The molecule has 0 heterocycles. The van der Waals surface area contributed by atoms with E-state index in [0.717, 1.165) is 31.2 Å². The Morgan fingerprint density at radius 3 is 2.23 bits per heavy atom. The van der Waals surface area contributed by atoms with Crippen LogP contribution in [0.3, 0.4) is 0 Å². The monoisotopic (exact) mass is 585 g/mol. The summed E-state index contributed by atoms with van der Waals surface area (Å²) >= 11 is 0. The first-order valence-corrected chi connectivity index (χ1v) is 14.4. The van der Waals surface area contributed by atoms with Crippen molar-refractivity contribution in [1.29, 1.82) is 0 Å². The predicted molar refractivity (Wildman–Crippen MR) is 167 cm³/mol. The predicted octanol–water partition coefficient (Wildman–Crippen LogP) is 3.45. The fraction of sp³-hybridized carbons (Fsp3) is 0.312. The van der Waals surface area contributed by atoms with Gasteiger partial charge in [0.05, 0.1) is 17.4 Å². The number of carbonyl (C=O) groups excluding carboxylic acids is 3. The van der Waals surface area contributed by atoms with Gasteiger partial charge in [0.1, 0.15) is 11.8 Å². The lowest BCUT2D eigenvalue weighted by Gasteiger charge is -2.27. The number of primary amides is 1. The number of nitrogens with two attached hydrogens (primary N) is 4. The van der Waals surface area contributed by atoms with E-state index < -0.39 is 29.8 Å². The number of nitrogens with zero attached hydrogens (tertiary/aromatic N) is 1. The van der Waals surface area contributed by atoms with Crippen LogP contribution in [0, 0.1) is 5.92 Å². The summed E-state index contributed by atoms with van der Waals surface area (Å²) in [5.41, 5.74) is 24.6. The second-order valence-corrected chi connectivity index (χ2v) is 10.8. The van der Waals surface area contributed by atoms with E-state index in [1.54, 1.807) is 42.5 Å². The average molecular weight is 586 g/mol. The molecule has 226 valence electrons. The third-order valence-corrected chi connectivity index (χ3v) is 7.41. The van der Waals surface area contributed by atoms with Gasteiger partial charge in [-0.25, -0.2) is 4.99 Å². The maximum absolute atomic E-state index is 13.7. The summed E-state index contributed by atoms with van der Waals surface area (Å²) in [7, 11) is 0. The smallest absolute Gasteiger partial charge is 0.248 e. The zero-order chi connectivity index (χ0) is 30.8. The summed E-state index contributed by atoms with van der Waals surface area (Å²) in [6.45, 7) is 0. The topological polar surface area (TPSA) is 201 Å². The second kappa shape index (κ2) is 14.8. The Hall–Kier alpha value is -4.90. The Bertz CT molecular complexity index is 1430. The van der Waals surface area contributed by atoms with Crippen LogP contribution in [0.15, 0.2) is 77.8 Å². The summed E-state index contributed by atoms with van der Waals surface area (Å²) in [4.78, 5) is 42.8. The molecular formula is C32H39N7O4. The lowest BCUT2D eigenvalue weighted by atomic mass is 9.84. The van der Waals surface area contributed by atoms with Crippen LogP contribution in [0.25, 0.3) is 0 Å². The van der Waals surface area contributed by atoms with Crippen molar-refractivity contribution in [2.75, 3.05) is 5.32 Å². The summed E-state index contributed by atoms with van der Waals surface area (Å²) in [6, 6.07) is 18.9. The van der Waals surface area contributed by atoms with Crippen LogP contribution in [0.5, 0.6) is 11.5 Å². The SMILES string of the molecule is NC(=O)c1ccc(NC(=O)[C@H](CC2CCCCC2)NC(=O)[C@@H](N)Cc2ccc(N=C(N)N)cc2)c(Oc2ccccc2)c1. The summed E-state index contributed by atoms with van der Waals surface area (Å²) in [5.74, 6) is -0.455. The zero-order valence-electron chi connectivity index (χ0n) is 24.0. The van der Waals surface area contributed by atoms with Crippen LogP contribution in [-0.4, -0.2) is 35.8 Å². The molecule has 3 aromatic carbocycles. The Morgan fingerprint density at radius 2 is 1.58 bits per heavy atom. The number of aliphatic imine (C=N–C) groups is 1. The van der Waals surface area contributed by atoms with Gasteiger partial charge in [0.15, 0.2) is 11.7 Å². The van der Waals surface area contributed by atoms with Gasteiger partial charge in [0.2, 0.25) is 17.7 Å². The Kier molecular flexibility index (Phi) is 10.7. The first kappa shape index (κ1) is 31.0. The van der Waals surface area contributed by atoms with Crippen LogP contribution in [-0.2, 0) is 16.0 Å². The summed E-state index contributed by atoms with van der Waals surface area (Å²) < 4.78 is 5.99. The molecule has 1 aliphatic rings. The minimum atomic E-state index is -0.887. The lowest BCUT2D eigenvalue weighted by Crippen LogP contribution is -2.51. The van der Waals surface area contributed by atoms with Crippen LogP contribution >= 0.6 is 0 Å². The van der Waals surface area contributed by atoms with Crippen molar-refractivity contribution in [3.8, 4) is 11.5 Å². The minimum absolute atomic E-state index is 0.0475. The van der Waals surface area contributed by atoms with Crippen molar-refractivity contribution in [3.63, 3.8) is 0 Å². The van der Waals surface area contributed by atoms with E-state index in [0.29, 0.717) is 29.5 Å².